The van der Waals surface area contributed by atoms with Crippen molar-refractivity contribution in [1.82, 2.24) is 4.90 Å². The van der Waals surface area contributed by atoms with Gasteiger partial charge in [-0.25, -0.2) is 0 Å². The fourth-order valence-electron chi connectivity index (χ4n) is 2.16. The van der Waals surface area contributed by atoms with Crippen molar-refractivity contribution >= 4 is 5.91 Å². The number of amides is 1. The second-order valence-corrected chi connectivity index (χ2v) is 4.78. The Kier molecular flexibility index (Phi) is 4.27. The normalized spacial score (nSPS) is 14.5. The molecule has 1 amide bonds. The summed E-state index contributed by atoms with van der Waals surface area (Å²) in [5, 5.41) is 0. The standard InChI is InChI=1S/C14H20N2O3/c1-18-12-6-3-10(13(7-12)19-2)8-16(9-14(15)17)11-4-5-11/h3,6-7,11H,4-5,8-9H2,1-2H3,(H2,15,17). The summed E-state index contributed by atoms with van der Waals surface area (Å²) in [4.78, 5) is 13.2. The summed E-state index contributed by atoms with van der Waals surface area (Å²) in [6.07, 6.45) is 2.26. The number of hydrogen-bond donors (Lipinski definition) is 1. The molecule has 2 rings (SSSR count). The van der Waals surface area contributed by atoms with Crippen molar-refractivity contribution in [2.75, 3.05) is 20.8 Å². The van der Waals surface area contributed by atoms with Crippen molar-refractivity contribution in [3.8, 4) is 11.5 Å². The molecule has 0 aromatic heterocycles. The molecule has 0 spiro atoms. The first kappa shape index (κ1) is 13.7. The van der Waals surface area contributed by atoms with Gasteiger partial charge >= 0.3 is 0 Å². The quantitative estimate of drug-likeness (QED) is 0.802. The van der Waals surface area contributed by atoms with Crippen molar-refractivity contribution in [2.45, 2.75) is 25.4 Å². The van der Waals surface area contributed by atoms with Crippen LogP contribution in [-0.2, 0) is 11.3 Å². The zero-order valence-corrected chi connectivity index (χ0v) is 11.4. The van der Waals surface area contributed by atoms with Crippen LogP contribution in [0.25, 0.3) is 0 Å². The Labute approximate surface area is 113 Å². The van der Waals surface area contributed by atoms with Crippen LogP contribution in [0.1, 0.15) is 18.4 Å². The van der Waals surface area contributed by atoms with Crippen LogP contribution in [0.5, 0.6) is 11.5 Å². The zero-order chi connectivity index (χ0) is 13.8. The summed E-state index contributed by atoms with van der Waals surface area (Å²) in [6.45, 7) is 0.959. The molecule has 1 fully saturated rings. The highest BCUT2D eigenvalue weighted by Gasteiger charge is 2.30. The number of nitrogens with two attached hydrogens (primary N) is 1. The SMILES string of the molecule is COc1ccc(CN(CC(N)=O)C2CC2)c(OC)c1. The maximum absolute atomic E-state index is 11.1. The number of benzene rings is 1. The van der Waals surface area contributed by atoms with Crippen LogP contribution in [0.15, 0.2) is 18.2 Å². The third-order valence-corrected chi connectivity index (χ3v) is 3.29. The molecular formula is C14H20N2O3. The second-order valence-electron chi connectivity index (χ2n) is 4.78. The van der Waals surface area contributed by atoms with Crippen LogP contribution < -0.4 is 15.2 Å². The van der Waals surface area contributed by atoms with Crippen LogP contribution in [0, 0.1) is 0 Å². The fourth-order valence-corrected chi connectivity index (χ4v) is 2.16. The van der Waals surface area contributed by atoms with Crippen LogP contribution in [-0.4, -0.2) is 37.6 Å². The van der Waals surface area contributed by atoms with Crippen molar-refractivity contribution < 1.29 is 14.3 Å². The third kappa shape index (κ3) is 3.61. The lowest BCUT2D eigenvalue weighted by Crippen LogP contribution is -2.35. The predicted octanol–water partition coefficient (Wildman–Crippen LogP) is 1.15. The van der Waals surface area contributed by atoms with Gasteiger partial charge in [-0.15, -0.1) is 0 Å². The van der Waals surface area contributed by atoms with E-state index in [4.69, 9.17) is 15.2 Å². The number of methoxy groups -OCH3 is 2. The van der Waals surface area contributed by atoms with Gasteiger partial charge in [-0.2, -0.15) is 0 Å². The van der Waals surface area contributed by atoms with E-state index in [1.54, 1.807) is 14.2 Å². The molecule has 0 bridgehead atoms. The molecule has 1 aliphatic carbocycles. The molecule has 5 heteroatoms. The van der Waals surface area contributed by atoms with E-state index in [1.807, 2.05) is 18.2 Å². The highest BCUT2D eigenvalue weighted by molar-refractivity contribution is 5.76. The van der Waals surface area contributed by atoms with Crippen LogP contribution in [0.4, 0.5) is 0 Å². The summed E-state index contributed by atoms with van der Waals surface area (Å²) in [5.41, 5.74) is 6.34. The van der Waals surface area contributed by atoms with Gasteiger partial charge in [-0.3, -0.25) is 9.69 Å². The lowest BCUT2D eigenvalue weighted by molar-refractivity contribution is -0.119. The molecule has 0 atom stereocenters. The van der Waals surface area contributed by atoms with Crippen LogP contribution >= 0.6 is 0 Å². The Morgan fingerprint density at radius 1 is 1.37 bits per heavy atom. The molecule has 0 unspecified atom stereocenters. The Balaban J connectivity index is 2.13. The Bertz CT molecular complexity index is 458. The number of carbonyl (C=O) groups excluding carboxylic acids is 1. The Morgan fingerprint density at radius 3 is 2.63 bits per heavy atom. The molecule has 104 valence electrons. The van der Waals surface area contributed by atoms with E-state index in [0.29, 0.717) is 19.1 Å². The second kappa shape index (κ2) is 5.93. The van der Waals surface area contributed by atoms with E-state index in [0.717, 1.165) is 29.9 Å². The van der Waals surface area contributed by atoms with E-state index in [1.165, 1.54) is 0 Å². The monoisotopic (exact) mass is 264 g/mol. The first-order valence-corrected chi connectivity index (χ1v) is 6.37. The molecular weight excluding hydrogens is 244 g/mol. The van der Waals surface area contributed by atoms with Crippen molar-refractivity contribution in [3.63, 3.8) is 0 Å². The predicted molar refractivity (Wildman–Crippen MR) is 72.2 cm³/mol. The number of primary amides is 1. The van der Waals surface area contributed by atoms with Crippen molar-refractivity contribution in [1.29, 1.82) is 0 Å². The Morgan fingerprint density at radius 2 is 2.11 bits per heavy atom. The highest BCUT2D eigenvalue weighted by atomic mass is 16.5. The molecule has 0 saturated heterocycles. The highest BCUT2D eigenvalue weighted by Crippen LogP contribution is 2.31. The van der Waals surface area contributed by atoms with E-state index in [9.17, 15) is 4.79 Å². The van der Waals surface area contributed by atoms with Crippen LogP contribution in [0.3, 0.4) is 0 Å². The average molecular weight is 264 g/mol. The van der Waals surface area contributed by atoms with E-state index in [-0.39, 0.29) is 5.91 Å². The van der Waals surface area contributed by atoms with E-state index in [2.05, 4.69) is 4.90 Å². The molecule has 0 radical (unpaired) electrons. The number of carbonyl (C=O) groups is 1. The van der Waals surface area contributed by atoms with Gasteiger partial charge in [-0.1, -0.05) is 6.07 Å². The van der Waals surface area contributed by atoms with E-state index >= 15 is 0 Å². The molecule has 0 heterocycles. The molecule has 19 heavy (non-hydrogen) atoms. The first-order valence-electron chi connectivity index (χ1n) is 6.37. The first-order chi connectivity index (χ1) is 9.13. The van der Waals surface area contributed by atoms with Crippen molar-refractivity contribution in [2.24, 2.45) is 5.73 Å². The summed E-state index contributed by atoms with van der Waals surface area (Å²) in [6, 6.07) is 6.19. The fraction of sp³-hybridized carbons (Fsp3) is 0.500. The Hall–Kier alpha value is -1.75. The van der Waals surface area contributed by atoms with Gasteiger partial charge in [0.2, 0.25) is 5.91 Å². The molecule has 2 N–H and O–H groups in total. The maximum atomic E-state index is 11.1. The topological polar surface area (TPSA) is 64.8 Å². The molecule has 1 aliphatic rings. The molecule has 0 aliphatic heterocycles. The van der Waals surface area contributed by atoms with Gasteiger partial charge in [0.1, 0.15) is 11.5 Å². The lowest BCUT2D eigenvalue weighted by Gasteiger charge is -2.21. The van der Waals surface area contributed by atoms with Gasteiger partial charge in [0.25, 0.3) is 0 Å². The summed E-state index contributed by atoms with van der Waals surface area (Å²) in [5.74, 6) is 1.24. The average Bonchev–Trinajstić information content (AvgIpc) is 3.22. The third-order valence-electron chi connectivity index (χ3n) is 3.29. The minimum absolute atomic E-state index is 0.292. The van der Waals surface area contributed by atoms with Crippen LogP contribution in [0.2, 0.25) is 0 Å². The van der Waals surface area contributed by atoms with Gasteiger partial charge in [0.05, 0.1) is 20.8 Å². The number of rotatable bonds is 7. The zero-order valence-electron chi connectivity index (χ0n) is 11.4. The maximum Gasteiger partial charge on any atom is 0.231 e. The van der Waals surface area contributed by atoms with Gasteiger partial charge < -0.3 is 15.2 Å². The van der Waals surface area contributed by atoms with E-state index < -0.39 is 0 Å². The van der Waals surface area contributed by atoms with Gasteiger partial charge in [0, 0.05) is 24.2 Å². The van der Waals surface area contributed by atoms with Gasteiger partial charge in [0.15, 0.2) is 0 Å². The lowest BCUT2D eigenvalue weighted by atomic mass is 10.1. The molecule has 5 nitrogen and oxygen atoms in total. The van der Waals surface area contributed by atoms with Gasteiger partial charge in [-0.05, 0) is 18.9 Å². The molecule has 1 saturated carbocycles. The summed E-state index contributed by atoms with van der Waals surface area (Å²) >= 11 is 0. The smallest absolute Gasteiger partial charge is 0.231 e. The van der Waals surface area contributed by atoms with Crippen molar-refractivity contribution in [3.05, 3.63) is 23.8 Å². The number of nitrogens with zero attached hydrogens (tertiary/aromatic N) is 1. The summed E-state index contributed by atoms with van der Waals surface area (Å²) in [7, 11) is 3.26. The largest absolute Gasteiger partial charge is 0.497 e. The molecule has 1 aromatic carbocycles. The number of ether oxygens (including phenoxy) is 2. The minimum Gasteiger partial charge on any atom is -0.497 e. The number of hydrogen-bond acceptors (Lipinski definition) is 4. The molecule has 1 aromatic rings. The summed E-state index contributed by atoms with van der Waals surface area (Å²) < 4.78 is 10.5. The minimum atomic E-state index is -0.292.